The summed E-state index contributed by atoms with van der Waals surface area (Å²) in [6.07, 6.45) is 8.32. The SMILES string of the molecule is Nc1cccc2c1CCCN2C(=O)C1CC12CCCC2. The summed E-state index contributed by atoms with van der Waals surface area (Å²) in [5.41, 5.74) is 9.54. The lowest BCUT2D eigenvalue weighted by molar-refractivity contribution is -0.120. The maximum Gasteiger partial charge on any atom is 0.230 e. The lowest BCUT2D eigenvalue weighted by Gasteiger charge is -2.31. The van der Waals surface area contributed by atoms with Crippen molar-refractivity contribution >= 4 is 17.3 Å². The van der Waals surface area contributed by atoms with Crippen LogP contribution in [-0.4, -0.2) is 12.5 Å². The number of nitrogen functional groups attached to an aromatic ring is 1. The van der Waals surface area contributed by atoms with E-state index in [0.29, 0.717) is 11.3 Å². The number of nitrogens with zero attached hydrogens (tertiary/aromatic N) is 1. The van der Waals surface area contributed by atoms with Crippen molar-refractivity contribution in [3.63, 3.8) is 0 Å². The maximum atomic E-state index is 12.9. The number of fused-ring (bicyclic) bond motifs is 1. The zero-order valence-corrected chi connectivity index (χ0v) is 11.9. The Hall–Kier alpha value is -1.51. The van der Waals surface area contributed by atoms with Crippen molar-refractivity contribution < 1.29 is 4.79 Å². The number of nitrogens with two attached hydrogens (primary N) is 1. The van der Waals surface area contributed by atoms with Crippen LogP contribution < -0.4 is 10.6 Å². The lowest BCUT2D eigenvalue weighted by Crippen LogP contribution is -2.37. The highest BCUT2D eigenvalue weighted by Gasteiger charge is 2.59. The third-order valence-electron chi connectivity index (χ3n) is 5.64. The van der Waals surface area contributed by atoms with Crippen LogP contribution >= 0.6 is 0 Å². The van der Waals surface area contributed by atoms with E-state index in [2.05, 4.69) is 6.07 Å². The molecular formula is C17H22N2O. The molecule has 2 aliphatic carbocycles. The predicted molar refractivity (Wildman–Crippen MR) is 80.5 cm³/mol. The molecule has 1 aromatic rings. The van der Waals surface area contributed by atoms with Crippen LogP contribution in [-0.2, 0) is 11.2 Å². The van der Waals surface area contributed by atoms with Crippen LogP contribution in [0.15, 0.2) is 18.2 Å². The zero-order valence-electron chi connectivity index (χ0n) is 11.9. The van der Waals surface area contributed by atoms with Gasteiger partial charge in [-0.25, -0.2) is 0 Å². The van der Waals surface area contributed by atoms with Gasteiger partial charge in [-0.1, -0.05) is 18.9 Å². The lowest BCUT2D eigenvalue weighted by atomic mass is 9.97. The Labute approximate surface area is 120 Å². The molecule has 0 radical (unpaired) electrons. The third kappa shape index (κ3) is 1.68. The van der Waals surface area contributed by atoms with Crippen molar-refractivity contribution in [2.75, 3.05) is 17.2 Å². The minimum absolute atomic E-state index is 0.289. The van der Waals surface area contributed by atoms with Gasteiger partial charge in [0.15, 0.2) is 0 Å². The molecule has 0 bridgehead atoms. The Kier molecular flexibility index (Phi) is 2.60. The Morgan fingerprint density at radius 2 is 2.05 bits per heavy atom. The highest BCUT2D eigenvalue weighted by molar-refractivity contribution is 5.99. The van der Waals surface area contributed by atoms with Crippen molar-refractivity contribution in [2.45, 2.75) is 44.9 Å². The number of benzene rings is 1. The van der Waals surface area contributed by atoms with Gasteiger partial charge in [0.1, 0.15) is 0 Å². The van der Waals surface area contributed by atoms with Gasteiger partial charge in [0.2, 0.25) is 5.91 Å². The minimum atomic E-state index is 0.289. The summed E-state index contributed by atoms with van der Waals surface area (Å²) in [6, 6.07) is 5.98. The summed E-state index contributed by atoms with van der Waals surface area (Å²) in [7, 11) is 0. The van der Waals surface area contributed by atoms with Gasteiger partial charge >= 0.3 is 0 Å². The standard InChI is InChI=1S/C17H22N2O/c18-14-6-3-7-15-12(14)5-4-10-19(15)16(20)13-11-17(13)8-1-2-9-17/h3,6-7,13H,1-2,4-5,8-11,18H2. The summed E-state index contributed by atoms with van der Waals surface area (Å²) < 4.78 is 0. The van der Waals surface area contributed by atoms with E-state index in [-0.39, 0.29) is 5.92 Å². The maximum absolute atomic E-state index is 12.9. The molecular weight excluding hydrogens is 248 g/mol. The van der Waals surface area contributed by atoms with Crippen LogP contribution in [0.3, 0.4) is 0 Å². The van der Waals surface area contributed by atoms with E-state index in [0.717, 1.165) is 37.2 Å². The van der Waals surface area contributed by atoms with Crippen molar-refractivity contribution in [2.24, 2.45) is 11.3 Å². The zero-order chi connectivity index (χ0) is 13.7. The molecule has 1 heterocycles. The fourth-order valence-corrected chi connectivity index (χ4v) is 4.40. The van der Waals surface area contributed by atoms with Crippen LogP contribution in [0.25, 0.3) is 0 Å². The highest BCUT2D eigenvalue weighted by atomic mass is 16.2. The number of anilines is 2. The van der Waals surface area contributed by atoms with Crippen molar-refractivity contribution in [3.8, 4) is 0 Å². The third-order valence-corrected chi connectivity index (χ3v) is 5.64. The first-order chi connectivity index (χ1) is 9.71. The first kappa shape index (κ1) is 12.2. The monoisotopic (exact) mass is 270 g/mol. The quantitative estimate of drug-likeness (QED) is 0.797. The first-order valence-corrected chi connectivity index (χ1v) is 7.90. The van der Waals surface area contributed by atoms with E-state index in [1.54, 1.807) is 0 Å². The fraction of sp³-hybridized carbons (Fsp3) is 0.588. The Morgan fingerprint density at radius 1 is 1.25 bits per heavy atom. The molecule has 1 spiro atoms. The van der Waals surface area contributed by atoms with Crippen LogP contribution in [0, 0.1) is 11.3 Å². The average molecular weight is 270 g/mol. The summed E-state index contributed by atoms with van der Waals surface area (Å²) in [5.74, 6) is 0.649. The van der Waals surface area contributed by atoms with Crippen LogP contribution in [0.5, 0.6) is 0 Å². The molecule has 1 aromatic carbocycles. The Balaban J connectivity index is 1.62. The van der Waals surface area contributed by atoms with E-state index in [9.17, 15) is 4.79 Å². The average Bonchev–Trinajstić information content (AvgIpc) is 2.95. The highest BCUT2D eigenvalue weighted by Crippen LogP contribution is 2.63. The molecule has 1 unspecified atom stereocenters. The molecule has 106 valence electrons. The first-order valence-electron chi connectivity index (χ1n) is 7.90. The van der Waals surface area contributed by atoms with Crippen molar-refractivity contribution in [1.29, 1.82) is 0 Å². The van der Waals surface area contributed by atoms with E-state index in [1.807, 2.05) is 17.0 Å². The number of carbonyl (C=O) groups is 1. The van der Waals surface area contributed by atoms with Crippen LogP contribution in [0.4, 0.5) is 11.4 Å². The topological polar surface area (TPSA) is 46.3 Å². The second-order valence-electron chi connectivity index (χ2n) is 6.76. The van der Waals surface area contributed by atoms with Gasteiger partial charge in [0.25, 0.3) is 0 Å². The fourth-order valence-electron chi connectivity index (χ4n) is 4.40. The molecule has 3 aliphatic rings. The molecule has 2 N–H and O–H groups in total. The summed E-state index contributed by atoms with van der Waals surface area (Å²) in [5, 5.41) is 0. The smallest absolute Gasteiger partial charge is 0.230 e. The van der Waals surface area contributed by atoms with Gasteiger partial charge in [-0.15, -0.1) is 0 Å². The van der Waals surface area contributed by atoms with Crippen LogP contribution in [0.1, 0.15) is 44.1 Å². The summed E-state index contributed by atoms with van der Waals surface area (Å²) >= 11 is 0. The normalized spacial score (nSPS) is 26.6. The molecule has 1 atom stereocenters. The van der Waals surface area contributed by atoms with Gasteiger partial charge in [-0.2, -0.15) is 0 Å². The number of hydrogen-bond donors (Lipinski definition) is 1. The minimum Gasteiger partial charge on any atom is -0.398 e. The molecule has 0 saturated heterocycles. The second-order valence-corrected chi connectivity index (χ2v) is 6.76. The van der Waals surface area contributed by atoms with Crippen molar-refractivity contribution in [3.05, 3.63) is 23.8 Å². The largest absolute Gasteiger partial charge is 0.398 e. The molecule has 3 nitrogen and oxygen atoms in total. The van der Waals surface area contributed by atoms with E-state index in [1.165, 1.54) is 31.2 Å². The molecule has 4 rings (SSSR count). The van der Waals surface area contributed by atoms with Gasteiger partial charge in [0.05, 0.1) is 0 Å². The number of carbonyl (C=O) groups excluding carboxylic acids is 1. The van der Waals surface area contributed by atoms with Gasteiger partial charge in [0, 0.05) is 23.8 Å². The number of amides is 1. The molecule has 20 heavy (non-hydrogen) atoms. The van der Waals surface area contributed by atoms with Crippen molar-refractivity contribution in [1.82, 2.24) is 0 Å². The predicted octanol–water partition coefficient (Wildman–Crippen LogP) is 3.13. The van der Waals surface area contributed by atoms with E-state index in [4.69, 9.17) is 5.73 Å². The molecule has 2 saturated carbocycles. The number of hydrogen-bond acceptors (Lipinski definition) is 2. The molecule has 2 fully saturated rings. The number of rotatable bonds is 1. The van der Waals surface area contributed by atoms with Gasteiger partial charge < -0.3 is 10.6 Å². The molecule has 1 amide bonds. The van der Waals surface area contributed by atoms with Gasteiger partial charge in [-0.3, -0.25) is 4.79 Å². The summed E-state index contributed by atoms with van der Waals surface area (Å²) in [4.78, 5) is 14.9. The Bertz CT molecular complexity index is 560. The van der Waals surface area contributed by atoms with E-state index >= 15 is 0 Å². The van der Waals surface area contributed by atoms with Crippen LogP contribution in [0.2, 0.25) is 0 Å². The molecule has 1 aliphatic heterocycles. The van der Waals surface area contributed by atoms with E-state index < -0.39 is 0 Å². The Morgan fingerprint density at radius 3 is 2.85 bits per heavy atom. The molecule has 3 heteroatoms. The summed E-state index contributed by atoms with van der Waals surface area (Å²) in [6.45, 7) is 0.863. The second kappa shape index (κ2) is 4.24. The van der Waals surface area contributed by atoms with Gasteiger partial charge in [-0.05, 0) is 55.2 Å². The molecule has 0 aromatic heterocycles.